The maximum Gasteiger partial charge on any atom is 0.339 e. The Balaban J connectivity index is 1.56. The quantitative estimate of drug-likeness (QED) is 0.467. The lowest BCUT2D eigenvalue weighted by Crippen LogP contribution is -2.32. The van der Waals surface area contributed by atoms with E-state index in [4.69, 9.17) is 4.84 Å². The lowest BCUT2D eigenvalue weighted by molar-refractivity contribution is -0.159. The minimum absolute atomic E-state index is 0.359. The van der Waals surface area contributed by atoms with Crippen molar-refractivity contribution in [3.63, 3.8) is 0 Å². The lowest BCUT2D eigenvalue weighted by atomic mass is 9.84. The van der Waals surface area contributed by atoms with E-state index < -0.39 is 0 Å². The number of piperidine rings is 1. The standard InChI is InChI=1S/C26H34N2O3/c1-20(29)28-31-26(30)25(19-23-15-17-27-18-16-23)24-13-11-22(12-14-24)10-6-5-9-21-7-3-2-4-8-21/h2-4,7-8,11-14,23,25,27H,5-6,9-10,15-19H2,1H3,(H,28,29). The summed E-state index contributed by atoms with van der Waals surface area (Å²) in [4.78, 5) is 28.9. The van der Waals surface area contributed by atoms with Crippen LogP contribution in [0.3, 0.4) is 0 Å². The second-order valence-corrected chi connectivity index (χ2v) is 8.50. The number of unbranched alkanes of at least 4 members (excludes halogenated alkanes) is 1. The Morgan fingerprint density at radius 3 is 2.19 bits per heavy atom. The Hall–Kier alpha value is -2.66. The monoisotopic (exact) mass is 422 g/mol. The summed E-state index contributed by atoms with van der Waals surface area (Å²) < 4.78 is 0. The SMILES string of the molecule is CC(=O)NOC(=O)C(CC1CCNCC1)c1ccc(CCCCc2ccccc2)cc1. The van der Waals surface area contributed by atoms with Crippen molar-refractivity contribution in [2.24, 2.45) is 5.92 Å². The molecule has 2 aromatic carbocycles. The second-order valence-electron chi connectivity index (χ2n) is 8.50. The van der Waals surface area contributed by atoms with Gasteiger partial charge in [-0.3, -0.25) is 4.79 Å². The van der Waals surface area contributed by atoms with Crippen LogP contribution in [0.15, 0.2) is 54.6 Å². The molecule has 1 aliphatic heterocycles. The third-order valence-corrected chi connectivity index (χ3v) is 6.01. The molecule has 2 aromatic rings. The van der Waals surface area contributed by atoms with Gasteiger partial charge in [-0.1, -0.05) is 54.6 Å². The molecule has 0 saturated carbocycles. The van der Waals surface area contributed by atoms with E-state index in [-0.39, 0.29) is 17.8 Å². The summed E-state index contributed by atoms with van der Waals surface area (Å²) in [6.45, 7) is 3.31. The number of hydroxylamine groups is 1. The second kappa shape index (κ2) is 12.3. The summed E-state index contributed by atoms with van der Waals surface area (Å²) in [5, 5.41) is 3.37. The number of benzene rings is 2. The maximum absolute atomic E-state index is 12.7. The van der Waals surface area contributed by atoms with Gasteiger partial charge in [0.2, 0.25) is 5.91 Å². The summed E-state index contributed by atoms with van der Waals surface area (Å²) in [5.41, 5.74) is 5.82. The Kier molecular flexibility index (Phi) is 9.10. The fraction of sp³-hybridized carbons (Fsp3) is 0.462. The van der Waals surface area contributed by atoms with Crippen LogP contribution in [0.5, 0.6) is 0 Å². The molecule has 0 bridgehead atoms. The lowest BCUT2D eigenvalue weighted by Gasteiger charge is -2.26. The van der Waals surface area contributed by atoms with Crippen LogP contribution in [0.25, 0.3) is 0 Å². The highest BCUT2D eigenvalue weighted by Crippen LogP contribution is 2.30. The van der Waals surface area contributed by atoms with Gasteiger partial charge >= 0.3 is 5.97 Å². The zero-order valence-corrected chi connectivity index (χ0v) is 18.4. The number of hydrogen-bond acceptors (Lipinski definition) is 4. The maximum atomic E-state index is 12.7. The van der Waals surface area contributed by atoms with Gasteiger partial charge in [-0.05, 0) is 80.6 Å². The third kappa shape index (κ3) is 7.83. The number of rotatable bonds is 9. The van der Waals surface area contributed by atoms with E-state index in [1.165, 1.54) is 18.1 Å². The number of hydrogen-bond donors (Lipinski definition) is 2. The van der Waals surface area contributed by atoms with Crippen LogP contribution in [-0.2, 0) is 27.3 Å². The number of carbonyl (C=O) groups is 2. The minimum atomic E-state index is -0.385. The van der Waals surface area contributed by atoms with Crippen molar-refractivity contribution in [2.75, 3.05) is 13.1 Å². The summed E-state index contributed by atoms with van der Waals surface area (Å²) in [6.07, 6.45) is 7.29. The first-order valence-corrected chi connectivity index (χ1v) is 11.4. The summed E-state index contributed by atoms with van der Waals surface area (Å²) in [6, 6.07) is 18.9. The van der Waals surface area contributed by atoms with Crippen LogP contribution in [0.2, 0.25) is 0 Å². The molecule has 1 aliphatic rings. The summed E-state index contributed by atoms with van der Waals surface area (Å²) >= 11 is 0. The van der Waals surface area contributed by atoms with Gasteiger partial charge in [0.1, 0.15) is 0 Å². The van der Waals surface area contributed by atoms with Gasteiger partial charge in [0.05, 0.1) is 5.92 Å². The molecule has 0 aromatic heterocycles. The van der Waals surface area contributed by atoms with Crippen molar-refractivity contribution in [3.8, 4) is 0 Å². The minimum Gasteiger partial charge on any atom is -0.340 e. The van der Waals surface area contributed by atoms with E-state index in [0.717, 1.165) is 63.6 Å². The van der Waals surface area contributed by atoms with Crippen molar-refractivity contribution >= 4 is 11.9 Å². The van der Waals surface area contributed by atoms with Gasteiger partial charge in [0.25, 0.3) is 0 Å². The first kappa shape index (κ1) is 23.0. The van der Waals surface area contributed by atoms with Crippen LogP contribution in [0, 0.1) is 5.92 Å². The highest BCUT2D eigenvalue weighted by Gasteiger charge is 2.27. The predicted octanol–water partition coefficient (Wildman–Crippen LogP) is 4.32. The molecule has 31 heavy (non-hydrogen) atoms. The molecule has 0 spiro atoms. The van der Waals surface area contributed by atoms with E-state index >= 15 is 0 Å². The van der Waals surface area contributed by atoms with Crippen molar-refractivity contribution in [2.45, 2.75) is 57.8 Å². The summed E-state index contributed by atoms with van der Waals surface area (Å²) in [7, 11) is 0. The highest BCUT2D eigenvalue weighted by molar-refractivity contribution is 5.80. The molecule has 3 rings (SSSR count). The van der Waals surface area contributed by atoms with Gasteiger partial charge in [0.15, 0.2) is 0 Å². The molecule has 0 aliphatic carbocycles. The Bertz CT molecular complexity index is 814. The molecule has 1 saturated heterocycles. The van der Waals surface area contributed by atoms with Crippen LogP contribution >= 0.6 is 0 Å². The van der Waals surface area contributed by atoms with Crippen molar-refractivity contribution < 1.29 is 14.4 Å². The van der Waals surface area contributed by atoms with Crippen LogP contribution in [0.1, 0.15) is 61.6 Å². The van der Waals surface area contributed by atoms with Crippen molar-refractivity contribution in [1.82, 2.24) is 10.8 Å². The normalized spacial score (nSPS) is 15.3. The number of carbonyl (C=O) groups excluding carboxylic acids is 2. The molecule has 1 heterocycles. The molecular formula is C26H34N2O3. The van der Waals surface area contributed by atoms with Crippen LogP contribution < -0.4 is 10.8 Å². The topological polar surface area (TPSA) is 67.4 Å². The number of aryl methyl sites for hydroxylation is 2. The zero-order chi connectivity index (χ0) is 21.9. The van der Waals surface area contributed by atoms with E-state index in [2.05, 4.69) is 53.3 Å². The third-order valence-electron chi connectivity index (χ3n) is 6.01. The Morgan fingerprint density at radius 1 is 0.968 bits per heavy atom. The number of nitrogens with one attached hydrogen (secondary N) is 2. The van der Waals surface area contributed by atoms with Gasteiger partial charge in [-0.25, -0.2) is 4.79 Å². The molecule has 5 heteroatoms. The molecule has 1 amide bonds. The summed E-state index contributed by atoms with van der Waals surface area (Å²) in [5.74, 6) is -0.639. The number of amides is 1. The molecule has 1 fully saturated rings. The first-order chi connectivity index (χ1) is 15.1. The van der Waals surface area contributed by atoms with E-state index in [1.807, 2.05) is 12.1 Å². The van der Waals surface area contributed by atoms with Crippen molar-refractivity contribution in [3.05, 3.63) is 71.3 Å². The van der Waals surface area contributed by atoms with Gasteiger partial charge in [-0.2, -0.15) is 5.48 Å². The van der Waals surface area contributed by atoms with E-state index in [9.17, 15) is 9.59 Å². The molecule has 5 nitrogen and oxygen atoms in total. The van der Waals surface area contributed by atoms with Crippen LogP contribution in [0.4, 0.5) is 0 Å². The van der Waals surface area contributed by atoms with E-state index in [1.54, 1.807) is 0 Å². The molecule has 166 valence electrons. The first-order valence-electron chi connectivity index (χ1n) is 11.4. The fourth-order valence-electron chi connectivity index (χ4n) is 4.23. The van der Waals surface area contributed by atoms with E-state index in [0.29, 0.717) is 5.92 Å². The molecule has 1 unspecified atom stereocenters. The van der Waals surface area contributed by atoms with Gasteiger partial charge < -0.3 is 10.2 Å². The highest BCUT2D eigenvalue weighted by atomic mass is 16.7. The van der Waals surface area contributed by atoms with Gasteiger partial charge in [-0.15, -0.1) is 0 Å². The predicted molar refractivity (Wildman–Crippen MR) is 122 cm³/mol. The molecular weight excluding hydrogens is 388 g/mol. The Labute approximate surface area is 185 Å². The van der Waals surface area contributed by atoms with Crippen LogP contribution in [-0.4, -0.2) is 25.0 Å². The van der Waals surface area contributed by atoms with Gasteiger partial charge in [0, 0.05) is 6.92 Å². The Morgan fingerprint density at radius 2 is 1.58 bits per heavy atom. The zero-order valence-electron chi connectivity index (χ0n) is 18.4. The average molecular weight is 423 g/mol. The smallest absolute Gasteiger partial charge is 0.339 e. The van der Waals surface area contributed by atoms with Crippen molar-refractivity contribution in [1.29, 1.82) is 0 Å². The molecule has 1 atom stereocenters. The molecule has 2 N–H and O–H groups in total. The average Bonchev–Trinajstić information content (AvgIpc) is 2.80. The molecule has 0 radical (unpaired) electrons. The fourth-order valence-corrected chi connectivity index (χ4v) is 4.23. The largest absolute Gasteiger partial charge is 0.340 e.